The molecule has 2 aromatic carbocycles. The molecule has 0 saturated heterocycles. The number of rotatable bonds is 8. The summed E-state index contributed by atoms with van der Waals surface area (Å²) in [6.45, 7) is 1.96. The van der Waals surface area contributed by atoms with Gasteiger partial charge in [-0.25, -0.2) is 8.42 Å². The number of ether oxygens (including phenoxy) is 1. The third-order valence-electron chi connectivity index (χ3n) is 4.73. The Hall–Kier alpha value is -2.71. The molecule has 0 radical (unpaired) electrons. The van der Waals surface area contributed by atoms with Crippen LogP contribution in [0.15, 0.2) is 47.4 Å². The molecule has 0 spiro atoms. The van der Waals surface area contributed by atoms with Gasteiger partial charge in [-0.1, -0.05) is 6.07 Å². The minimum atomic E-state index is -3.45. The molecule has 0 heterocycles. The number of aryl methyl sites for hydroxylation is 1. The van der Waals surface area contributed by atoms with Gasteiger partial charge < -0.3 is 15.4 Å². The Labute approximate surface area is 170 Å². The number of methoxy groups -OCH3 is 1. The van der Waals surface area contributed by atoms with Crippen LogP contribution in [-0.2, 0) is 19.4 Å². The van der Waals surface area contributed by atoms with E-state index < -0.39 is 9.84 Å². The second-order valence-corrected chi connectivity index (χ2v) is 9.19. The van der Waals surface area contributed by atoms with Gasteiger partial charge in [0.25, 0.3) is 5.91 Å². The van der Waals surface area contributed by atoms with E-state index in [1.54, 1.807) is 12.1 Å². The van der Waals surface area contributed by atoms with Crippen molar-refractivity contribution in [2.75, 3.05) is 30.1 Å². The number of hydrogen-bond donors (Lipinski definition) is 2. The molecule has 1 saturated carbocycles. The van der Waals surface area contributed by atoms with Crippen molar-refractivity contribution in [3.63, 3.8) is 0 Å². The smallest absolute Gasteiger partial charge is 0.255 e. The summed E-state index contributed by atoms with van der Waals surface area (Å²) in [5, 5.41) is 5.68. The van der Waals surface area contributed by atoms with Gasteiger partial charge in [0.2, 0.25) is 5.91 Å². The highest BCUT2D eigenvalue weighted by Crippen LogP contribution is 2.31. The average molecular weight is 416 g/mol. The number of anilines is 2. The molecular weight excluding hydrogens is 392 g/mol. The Kier molecular flexibility index (Phi) is 6.34. The Morgan fingerprint density at radius 1 is 1.07 bits per heavy atom. The summed E-state index contributed by atoms with van der Waals surface area (Å²) in [5.41, 5.74) is 2.40. The lowest BCUT2D eigenvalue weighted by atomic mass is 10.1. The molecule has 7 nitrogen and oxygen atoms in total. The topological polar surface area (TPSA) is 102 Å². The van der Waals surface area contributed by atoms with Crippen molar-refractivity contribution in [1.82, 2.24) is 0 Å². The highest BCUT2D eigenvalue weighted by molar-refractivity contribution is 7.91. The minimum Gasteiger partial charge on any atom is -0.384 e. The van der Waals surface area contributed by atoms with Gasteiger partial charge in [-0.15, -0.1) is 0 Å². The van der Waals surface area contributed by atoms with Crippen LogP contribution >= 0.6 is 0 Å². The lowest BCUT2D eigenvalue weighted by Gasteiger charge is -2.12. The second-order valence-electron chi connectivity index (χ2n) is 7.08. The Morgan fingerprint density at radius 3 is 2.38 bits per heavy atom. The number of amides is 2. The van der Waals surface area contributed by atoms with E-state index in [9.17, 15) is 18.0 Å². The maximum atomic E-state index is 12.6. The van der Waals surface area contributed by atoms with Crippen molar-refractivity contribution in [3.8, 4) is 0 Å². The highest BCUT2D eigenvalue weighted by atomic mass is 32.2. The lowest BCUT2D eigenvalue weighted by molar-refractivity contribution is -0.117. The monoisotopic (exact) mass is 416 g/mol. The first kappa shape index (κ1) is 21.0. The maximum Gasteiger partial charge on any atom is 0.255 e. The first-order chi connectivity index (χ1) is 13.8. The minimum absolute atomic E-state index is 0.00333. The molecule has 0 atom stereocenters. The number of hydrogen-bond acceptors (Lipinski definition) is 5. The van der Waals surface area contributed by atoms with E-state index in [0.717, 1.165) is 18.4 Å². The number of benzene rings is 2. The van der Waals surface area contributed by atoms with E-state index in [2.05, 4.69) is 10.6 Å². The Morgan fingerprint density at radius 2 is 1.76 bits per heavy atom. The maximum absolute atomic E-state index is 12.6. The molecule has 1 aliphatic rings. The molecule has 1 aliphatic carbocycles. The quantitative estimate of drug-likeness (QED) is 0.689. The van der Waals surface area contributed by atoms with Crippen molar-refractivity contribution in [2.24, 2.45) is 5.92 Å². The van der Waals surface area contributed by atoms with E-state index in [1.165, 1.54) is 31.4 Å². The van der Waals surface area contributed by atoms with Gasteiger partial charge in [-0.3, -0.25) is 9.59 Å². The summed E-state index contributed by atoms with van der Waals surface area (Å²) in [5.74, 6) is -0.391. The summed E-state index contributed by atoms with van der Waals surface area (Å²) in [6.07, 6.45) is 1.83. The highest BCUT2D eigenvalue weighted by Gasteiger charge is 2.29. The van der Waals surface area contributed by atoms with E-state index >= 15 is 0 Å². The van der Waals surface area contributed by atoms with Crippen molar-refractivity contribution >= 4 is 33.0 Å². The van der Waals surface area contributed by atoms with Crippen LogP contribution < -0.4 is 10.6 Å². The van der Waals surface area contributed by atoms with E-state index in [4.69, 9.17) is 4.74 Å². The zero-order valence-corrected chi connectivity index (χ0v) is 17.2. The normalized spacial score (nSPS) is 13.7. The van der Waals surface area contributed by atoms with Gasteiger partial charge in [-0.2, -0.15) is 0 Å². The summed E-state index contributed by atoms with van der Waals surface area (Å²) in [6, 6.07) is 11.1. The fourth-order valence-electron chi connectivity index (χ4n) is 2.74. The van der Waals surface area contributed by atoms with Gasteiger partial charge >= 0.3 is 0 Å². The molecule has 0 bridgehead atoms. The molecule has 8 heteroatoms. The average Bonchev–Trinajstić information content (AvgIpc) is 3.54. The summed E-state index contributed by atoms with van der Waals surface area (Å²) in [4.78, 5) is 24.7. The first-order valence-corrected chi connectivity index (χ1v) is 11.0. The molecule has 1 fully saturated rings. The van der Waals surface area contributed by atoms with Crippen LogP contribution in [0.3, 0.4) is 0 Å². The van der Waals surface area contributed by atoms with Crippen LogP contribution in [0, 0.1) is 12.8 Å². The number of carbonyl (C=O) groups excluding carboxylic acids is 2. The zero-order valence-electron chi connectivity index (χ0n) is 16.4. The molecule has 2 aromatic rings. The van der Waals surface area contributed by atoms with Gasteiger partial charge in [0.15, 0.2) is 9.84 Å². The van der Waals surface area contributed by atoms with Crippen LogP contribution in [0.4, 0.5) is 11.4 Å². The first-order valence-electron chi connectivity index (χ1n) is 9.35. The van der Waals surface area contributed by atoms with E-state index in [1.807, 2.05) is 13.0 Å². The predicted molar refractivity (Wildman–Crippen MR) is 111 cm³/mol. The fraction of sp³-hybridized carbons (Fsp3) is 0.333. The zero-order chi connectivity index (χ0) is 21.0. The van der Waals surface area contributed by atoms with Crippen LogP contribution in [-0.4, -0.2) is 39.7 Å². The third kappa shape index (κ3) is 5.42. The third-order valence-corrected chi connectivity index (χ3v) is 6.43. The van der Waals surface area contributed by atoms with Gasteiger partial charge in [0.05, 0.1) is 17.3 Å². The standard InChI is InChI=1S/C21H24N2O5S/c1-14-3-8-17(22-20(24)15-4-5-15)13-19(14)23-21(25)16-6-9-18(10-7-16)29(26,27)12-11-28-2/h3,6-10,13,15H,4-5,11-12H2,1-2H3,(H,22,24)(H,23,25). The van der Waals surface area contributed by atoms with Crippen molar-refractivity contribution in [1.29, 1.82) is 0 Å². The molecule has 3 rings (SSSR count). The molecule has 0 unspecified atom stereocenters. The fourth-order valence-corrected chi connectivity index (χ4v) is 3.92. The second kappa shape index (κ2) is 8.75. The van der Waals surface area contributed by atoms with E-state index in [-0.39, 0.29) is 35.0 Å². The molecule has 2 amide bonds. The lowest BCUT2D eigenvalue weighted by Crippen LogP contribution is -2.16. The van der Waals surface area contributed by atoms with Gasteiger partial charge in [-0.05, 0) is 61.7 Å². The van der Waals surface area contributed by atoms with Crippen LogP contribution in [0.5, 0.6) is 0 Å². The van der Waals surface area contributed by atoms with Crippen molar-refractivity contribution in [3.05, 3.63) is 53.6 Å². The number of nitrogens with one attached hydrogen (secondary N) is 2. The van der Waals surface area contributed by atoms with Gasteiger partial charge in [0.1, 0.15) is 0 Å². The SMILES string of the molecule is COCCS(=O)(=O)c1ccc(C(=O)Nc2cc(NC(=O)C3CC3)ccc2C)cc1. The molecule has 0 aromatic heterocycles. The summed E-state index contributed by atoms with van der Waals surface area (Å²) in [7, 11) is -2.00. The molecular formula is C21H24N2O5S. The van der Waals surface area contributed by atoms with Crippen LogP contribution in [0.25, 0.3) is 0 Å². The van der Waals surface area contributed by atoms with Crippen molar-refractivity contribution in [2.45, 2.75) is 24.7 Å². The Bertz CT molecular complexity index is 1010. The number of sulfone groups is 1. The van der Waals surface area contributed by atoms with Gasteiger partial charge in [0, 0.05) is 30.0 Å². The van der Waals surface area contributed by atoms with Crippen LogP contribution in [0.1, 0.15) is 28.8 Å². The molecule has 154 valence electrons. The number of carbonyl (C=O) groups is 2. The van der Waals surface area contributed by atoms with Crippen molar-refractivity contribution < 1.29 is 22.7 Å². The summed E-state index contributed by atoms with van der Waals surface area (Å²) >= 11 is 0. The van der Waals surface area contributed by atoms with Crippen LogP contribution in [0.2, 0.25) is 0 Å². The molecule has 2 N–H and O–H groups in total. The molecule has 0 aliphatic heterocycles. The predicted octanol–water partition coefficient (Wildman–Crippen LogP) is 3.02. The van der Waals surface area contributed by atoms with E-state index in [0.29, 0.717) is 16.9 Å². The molecule has 29 heavy (non-hydrogen) atoms. The Balaban J connectivity index is 1.70. The largest absolute Gasteiger partial charge is 0.384 e. The summed E-state index contributed by atoms with van der Waals surface area (Å²) < 4.78 is 29.2.